The van der Waals surface area contributed by atoms with E-state index in [1.54, 1.807) is 7.11 Å². The normalized spacial score (nSPS) is 12.4. The maximum absolute atomic E-state index is 6.08. The average Bonchev–Trinajstić information content (AvgIpc) is 2.85. The topological polar surface area (TPSA) is 34.4 Å². The first kappa shape index (κ1) is 15.4. The van der Waals surface area contributed by atoms with Crippen molar-refractivity contribution < 1.29 is 9.15 Å². The fourth-order valence-electron chi connectivity index (χ4n) is 2.16. The van der Waals surface area contributed by atoms with Crippen molar-refractivity contribution in [2.45, 2.75) is 19.4 Å². The number of hydrogen-bond acceptors (Lipinski definition) is 3. The van der Waals surface area contributed by atoms with Gasteiger partial charge in [0.05, 0.1) is 13.2 Å². The lowest BCUT2D eigenvalue weighted by Gasteiger charge is -2.17. The van der Waals surface area contributed by atoms with Gasteiger partial charge in [0.15, 0.2) is 4.67 Å². The number of halogens is 2. The monoisotopic (exact) mass is 357 g/mol. The highest BCUT2D eigenvalue weighted by Crippen LogP contribution is 2.29. The molecule has 0 spiro atoms. The van der Waals surface area contributed by atoms with Crippen LogP contribution in [0.3, 0.4) is 0 Å². The zero-order valence-corrected chi connectivity index (χ0v) is 13.8. The molecule has 1 atom stereocenters. The SMILES string of the molecule is CCNC(Cc1cc(Cl)ccc1OC)c1ccc(Br)o1. The van der Waals surface area contributed by atoms with Crippen LogP contribution in [0.1, 0.15) is 24.3 Å². The average molecular weight is 359 g/mol. The van der Waals surface area contributed by atoms with Gasteiger partial charge < -0.3 is 14.5 Å². The largest absolute Gasteiger partial charge is 0.496 e. The van der Waals surface area contributed by atoms with Gasteiger partial charge in [-0.15, -0.1) is 0 Å². The molecule has 2 rings (SSSR count). The molecule has 0 aliphatic carbocycles. The van der Waals surface area contributed by atoms with Crippen LogP contribution in [0.2, 0.25) is 5.02 Å². The van der Waals surface area contributed by atoms with Crippen molar-refractivity contribution in [3.8, 4) is 5.75 Å². The van der Waals surface area contributed by atoms with E-state index in [2.05, 4.69) is 28.2 Å². The summed E-state index contributed by atoms with van der Waals surface area (Å²) in [6, 6.07) is 9.60. The first-order valence-electron chi connectivity index (χ1n) is 6.45. The number of benzene rings is 1. The molecule has 0 saturated heterocycles. The van der Waals surface area contributed by atoms with Gasteiger partial charge in [-0.1, -0.05) is 18.5 Å². The molecule has 1 unspecified atom stereocenters. The van der Waals surface area contributed by atoms with Crippen molar-refractivity contribution in [2.24, 2.45) is 0 Å². The Hall–Kier alpha value is -0.970. The molecule has 108 valence electrons. The van der Waals surface area contributed by atoms with Crippen LogP contribution in [-0.2, 0) is 6.42 Å². The third kappa shape index (κ3) is 3.78. The molecule has 1 aromatic carbocycles. The molecule has 0 radical (unpaired) electrons. The highest BCUT2D eigenvalue weighted by atomic mass is 79.9. The Labute approximate surface area is 132 Å². The number of ether oxygens (including phenoxy) is 1. The van der Waals surface area contributed by atoms with E-state index in [-0.39, 0.29) is 6.04 Å². The smallest absolute Gasteiger partial charge is 0.169 e. The van der Waals surface area contributed by atoms with Crippen molar-refractivity contribution in [2.75, 3.05) is 13.7 Å². The molecule has 20 heavy (non-hydrogen) atoms. The van der Waals surface area contributed by atoms with E-state index in [1.807, 2.05) is 30.3 Å². The lowest BCUT2D eigenvalue weighted by Crippen LogP contribution is -2.22. The third-order valence-electron chi connectivity index (χ3n) is 3.05. The minimum absolute atomic E-state index is 0.0821. The molecule has 0 bridgehead atoms. The van der Waals surface area contributed by atoms with Crippen LogP contribution in [0.4, 0.5) is 0 Å². The summed E-state index contributed by atoms with van der Waals surface area (Å²) in [6.45, 7) is 2.92. The van der Waals surface area contributed by atoms with Gasteiger partial charge in [0.2, 0.25) is 0 Å². The van der Waals surface area contributed by atoms with Gasteiger partial charge in [-0.2, -0.15) is 0 Å². The fraction of sp³-hybridized carbons (Fsp3) is 0.333. The first-order chi connectivity index (χ1) is 9.63. The van der Waals surface area contributed by atoms with Crippen LogP contribution >= 0.6 is 27.5 Å². The third-order valence-corrected chi connectivity index (χ3v) is 3.72. The molecule has 1 aromatic heterocycles. The van der Waals surface area contributed by atoms with E-state index < -0.39 is 0 Å². The summed E-state index contributed by atoms with van der Waals surface area (Å²) in [5.41, 5.74) is 1.05. The molecule has 0 fully saturated rings. The van der Waals surface area contributed by atoms with Gasteiger partial charge in [0.1, 0.15) is 11.5 Å². The number of likely N-dealkylation sites (N-methyl/N-ethyl adjacent to an activating group) is 1. The van der Waals surface area contributed by atoms with Crippen LogP contribution in [0.25, 0.3) is 0 Å². The zero-order valence-electron chi connectivity index (χ0n) is 11.5. The molecular formula is C15H17BrClNO2. The van der Waals surface area contributed by atoms with E-state index in [0.717, 1.165) is 34.7 Å². The zero-order chi connectivity index (χ0) is 14.5. The van der Waals surface area contributed by atoms with Crippen LogP contribution in [0.15, 0.2) is 39.4 Å². The van der Waals surface area contributed by atoms with Gasteiger partial charge in [0.25, 0.3) is 0 Å². The standard InChI is InChI=1S/C15H17BrClNO2/c1-3-18-12(14-6-7-15(16)20-14)9-10-8-11(17)4-5-13(10)19-2/h4-8,12,18H,3,9H2,1-2H3. The van der Waals surface area contributed by atoms with E-state index in [1.165, 1.54) is 0 Å². The Morgan fingerprint density at radius 3 is 2.75 bits per heavy atom. The predicted molar refractivity (Wildman–Crippen MR) is 84.5 cm³/mol. The maximum Gasteiger partial charge on any atom is 0.169 e. The Kier molecular flexibility index (Phi) is 5.52. The maximum atomic E-state index is 6.08. The Balaban J connectivity index is 2.26. The summed E-state index contributed by atoms with van der Waals surface area (Å²) in [4.78, 5) is 0. The molecule has 0 amide bonds. The van der Waals surface area contributed by atoms with Crippen LogP contribution < -0.4 is 10.1 Å². The summed E-state index contributed by atoms with van der Waals surface area (Å²) in [7, 11) is 1.67. The number of nitrogens with one attached hydrogen (secondary N) is 1. The minimum atomic E-state index is 0.0821. The second kappa shape index (κ2) is 7.16. The van der Waals surface area contributed by atoms with E-state index in [9.17, 15) is 0 Å². The number of methoxy groups -OCH3 is 1. The second-order valence-electron chi connectivity index (χ2n) is 4.41. The van der Waals surface area contributed by atoms with E-state index >= 15 is 0 Å². The van der Waals surface area contributed by atoms with Crippen molar-refractivity contribution >= 4 is 27.5 Å². The predicted octanol–water partition coefficient (Wildman–Crippen LogP) is 4.60. The van der Waals surface area contributed by atoms with E-state index in [4.69, 9.17) is 20.8 Å². The second-order valence-corrected chi connectivity index (χ2v) is 5.63. The Morgan fingerprint density at radius 1 is 1.35 bits per heavy atom. The molecule has 5 heteroatoms. The molecule has 0 aliphatic rings. The number of rotatable bonds is 6. The van der Waals surface area contributed by atoms with Crippen molar-refractivity contribution in [1.82, 2.24) is 5.32 Å². The number of furan rings is 1. The molecular weight excluding hydrogens is 342 g/mol. The Morgan fingerprint density at radius 2 is 2.15 bits per heavy atom. The quantitative estimate of drug-likeness (QED) is 0.819. The van der Waals surface area contributed by atoms with E-state index in [0.29, 0.717) is 5.02 Å². The van der Waals surface area contributed by atoms with Crippen molar-refractivity contribution in [3.63, 3.8) is 0 Å². The molecule has 0 aliphatic heterocycles. The molecule has 1 N–H and O–H groups in total. The van der Waals surface area contributed by atoms with Crippen molar-refractivity contribution in [1.29, 1.82) is 0 Å². The van der Waals surface area contributed by atoms with Gasteiger partial charge in [-0.05, 0) is 64.8 Å². The summed E-state index contributed by atoms with van der Waals surface area (Å²) in [5.74, 6) is 1.73. The Bertz CT molecular complexity index is 571. The summed E-state index contributed by atoms with van der Waals surface area (Å²) >= 11 is 9.41. The summed E-state index contributed by atoms with van der Waals surface area (Å²) in [5, 5.41) is 4.12. The number of hydrogen-bond donors (Lipinski definition) is 1. The fourth-order valence-corrected chi connectivity index (χ4v) is 2.68. The lowest BCUT2D eigenvalue weighted by atomic mass is 10.0. The molecule has 1 heterocycles. The van der Waals surface area contributed by atoms with Gasteiger partial charge in [-0.3, -0.25) is 0 Å². The lowest BCUT2D eigenvalue weighted by molar-refractivity contribution is 0.387. The van der Waals surface area contributed by atoms with Gasteiger partial charge in [0, 0.05) is 5.02 Å². The summed E-state index contributed by atoms with van der Waals surface area (Å²) in [6.07, 6.45) is 0.748. The van der Waals surface area contributed by atoms with Crippen LogP contribution in [-0.4, -0.2) is 13.7 Å². The van der Waals surface area contributed by atoms with Crippen molar-refractivity contribution in [3.05, 3.63) is 51.3 Å². The van der Waals surface area contributed by atoms with Crippen LogP contribution in [0.5, 0.6) is 5.75 Å². The van der Waals surface area contributed by atoms with Gasteiger partial charge in [-0.25, -0.2) is 0 Å². The highest BCUT2D eigenvalue weighted by molar-refractivity contribution is 9.10. The highest BCUT2D eigenvalue weighted by Gasteiger charge is 2.17. The van der Waals surface area contributed by atoms with Crippen LogP contribution in [0, 0.1) is 0 Å². The summed E-state index contributed by atoms with van der Waals surface area (Å²) < 4.78 is 11.8. The molecule has 3 nitrogen and oxygen atoms in total. The molecule has 2 aromatic rings. The molecule has 0 saturated carbocycles. The van der Waals surface area contributed by atoms with Gasteiger partial charge >= 0.3 is 0 Å². The minimum Gasteiger partial charge on any atom is -0.496 e. The first-order valence-corrected chi connectivity index (χ1v) is 7.62.